The van der Waals surface area contributed by atoms with E-state index in [0.29, 0.717) is 0 Å². The zero-order valence-electron chi connectivity index (χ0n) is 13.7. The van der Waals surface area contributed by atoms with Crippen molar-refractivity contribution in [2.75, 3.05) is 20.6 Å². The van der Waals surface area contributed by atoms with Crippen LogP contribution in [-0.2, 0) is 6.42 Å². The Morgan fingerprint density at radius 1 is 1.17 bits per heavy atom. The molecule has 3 aromatic rings. The molecule has 0 aliphatic carbocycles. The van der Waals surface area contributed by atoms with Crippen molar-refractivity contribution in [3.8, 4) is 0 Å². The Bertz CT molecular complexity index is 810. The molecule has 0 radical (unpaired) electrons. The minimum Gasteiger partial charge on any atom is -0.309 e. The molecule has 0 aliphatic rings. The van der Waals surface area contributed by atoms with E-state index < -0.39 is 0 Å². The average Bonchev–Trinajstić information content (AvgIpc) is 2.91. The highest BCUT2D eigenvalue weighted by Crippen LogP contribution is 2.40. The van der Waals surface area contributed by atoms with Crippen molar-refractivity contribution in [3.05, 3.63) is 63.8 Å². The largest absolute Gasteiger partial charge is 0.309 e. The van der Waals surface area contributed by atoms with Crippen molar-refractivity contribution in [1.82, 2.24) is 9.88 Å². The van der Waals surface area contributed by atoms with Crippen LogP contribution in [0.15, 0.2) is 42.6 Å². The van der Waals surface area contributed by atoms with Gasteiger partial charge in [0.15, 0.2) is 0 Å². The monoisotopic (exact) mass is 344 g/mol. The van der Waals surface area contributed by atoms with E-state index in [1.54, 1.807) is 0 Å². The number of halogens is 1. The highest BCUT2D eigenvalue weighted by molar-refractivity contribution is 7.19. The van der Waals surface area contributed by atoms with Crippen LogP contribution in [0, 0.1) is 0 Å². The first kappa shape index (κ1) is 16.4. The van der Waals surface area contributed by atoms with E-state index in [9.17, 15) is 0 Å². The van der Waals surface area contributed by atoms with Gasteiger partial charge in [-0.1, -0.05) is 36.7 Å². The van der Waals surface area contributed by atoms with Gasteiger partial charge in [-0.25, -0.2) is 0 Å². The Hall–Kier alpha value is -1.42. The number of thiophene rings is 1. The standard InChI is InChI=1S/C19H21ClN2S/c1-13(19-15(20)8-6-11-21-19)18-14-7-4-5-9-16(14)23-17(18)10-12-22(2)3/h4-9,11,13H,10,12H2,1-3H3/t13-/m1/s1. The van der Waals surface area contributed by atoms with E-state index in [0.717, 1.165) is 23.7 Å². The average molecular weight is 345 g/mol. The Morgan fingerprint density at radius 2 is 1.96 bits per heavy atom. The molecule has 2 nitrogen and oxygen atoms in total. The summed E-state index contributed by atoms with van der Waals surface area (Å²) in [6.45, 7) is 3.25. The third-order valence-electron chi connectivity index (χ3n) is 4.13. The molecule has 0 aliphatic heterocycles. The third kappa shape index (κ3) is 3.42. The van der Waals surface area contributed by atoms with Crippen molar-refractivity contribution in [1.29, 1.82) is 0 Å². The summed E-state index contributed by atoms with van der Waals surface area (Å²) in [6.07, 6.45) is 2.88. The van der Waals surface area contributed by atoms with E-state index in [1.165, 1.54) is 20.5 Å². The Morgan fingerprint density at radius 3 is 2.70 bits per heavy atom. The Balaban J connectivity index is 2.10. The fourth-order valence-electron chi connectivity index (χ4n) is 2.95. The summed E-state index contributed by atoms with van der Waals surface area (Å²) in [5, 5.41) is 2.08. The molecule has 2 heterocycles. The number of hydrogen-bond donors (Lipinski definition) is 0. The van der Waals surface area contributed by atoms with Gasteiger partial charge < -0.3 is 4.90 Å². The summed E-state index contributed by atoms with van der Waals surface area (Å²) in [5.74, 6) is 0.192. The summed E-state index contributed by atoms with van der Waals surface area (Å²) in [5.41, 5.74) is 2.34. The van der Waals surface area contributed by atoms with Gasteiger partial charge in [0.25, 0.3) is 0 Å². The number of nitrogens with zero attached hydrogens (tertiary/aromatic N) is 2. The molecular weight excluding hydrogens is 324 g/mol. The van der Waals surface area contributed by atoms with Gasteiger partial charge in [0.2, 0.25) is 0 Å². The molecule has 23 heavy (non-hydrogen) atoms. The van der Waals surface area contributed by atoms with E-state index in [-0.39, 0.29) is 5.92 Å². The Labute approximate surface area is 146 Å². The summed E-state index contributed by atoms with van der Waals surface area (Å²) in [7, 11) is 4.23. The molecule has 2 aromatic heterocycles. The lowest BCUT2D eigenvalue weighted by Crippen LogP contribution is -2.15. The molecule has 0 amide bonds. The second-order valence-electron chi connectivity index (χ2n) is 6.08. The van der Waals surface area contributed by atoms with Gasteiger partial charge in [0, 0.05) is 28.2 Å². The lowest BCUT2D eigenvalue weighted by molar-refractivity contribution is 0.414. The number of fused-ring (bicyclic) bond motifs is 1. The molecule has 0 bridgehead atoms. The SMILES string of the molecule is C[C@@H](c1ncccc1Cl)c1c(CCN(C)C)sc2ccccc12. The number of benzene rings is 1. The van der Waals surface area contributed by atoms with Crippen LogP contribution in [0.5, 0.6) is 0 Å². The topological polar surface area (TPSA) is 16.1 Å². The maximum atomic E-state index is 6.40. The first-order valence-corrected chi connectivity index (χ1v) is 9.03. The molecule has 0 saturated heterocycles. The molecule has 120 valence electrons. The van der Waals surface area contributed by atoms with Crippen LogP contribution in [0.25, 0.3) is 10.1 Å². The lowest BCUT2D eigenvalue weighted by Gasteiger charge is -2.16. The smallest absolute Gasteiger partial charge is 0.0662 e. The van der Waals surface area contributed by atoms with Crippen molar-refractivity contribution in [2.24, 2.45) is 0 Å². The minimum absolute atomic E-state index is 0.192. The summed E-state index contributed by atoms with van der Waals surface area (Å²) >= 11 is 8.30. The van der Waals surface area contributed by atoms with Gasteiger partial charge >= 0.3 is 0 Å². The predicted octanol–water partition coefficient (Wildman–Crippen LogP) is 5.21. The van der Waals surface area contributed by atoms with Gasteiger partial charge in [-0.2, -0.15) is 0 Å². The Kier molecular flexibility index (Phi) is 5.00. The first-order chi connectivity index (χ1) is 11.1. The third-order valence-corrected chi connectivity index (χ3v) is 5.69. The van der Waals surface area contributed by atoms with E-state index in [1.807, 2.05) is 29.7 Å². The van der Waals surface area contributed by atoms with Gasteiger partial charge in [-0.3, -0.25) is 4.98 Å². The minimum atomic E-state index is 0.192. The number of aromatic nitrogens is 1. The quantitative estimate of drug-likeness (QED) is 0.632. The second kappa shape index (κ2) is 7.00. The van der Waals surface area contributed by atoms with Crippen molar-refractivity contribution in [2.45, 2.75) is 19.3 Å². The fourth-order valence-corrected chi connectivity index (χ4v) is 4.53. The molecule has 1 aromatic carbocycles. The number of likely N-dealkylation sites (N-methyl/N-ethyl adjacent to an activating group) is 1. The van der Waals surface area contributed by atoms with Crippen LogP contribution >= 0.6 is 22.9 Å². The summed E-state index contributed by atoms with van der Waals surface area (Å²) in [6, 6.07) is 12.5. The molecule has 1 atom stereocenters. The molecule has 4 heteroatoms. The molecular formula is C19H21ClN2S. The maximum absolute atomic E-state index is 6.40. The highest BCUT2D eigenvalue weighted by atomic mass is 35.5. The molecule has 3 rings (SSSR count). The van der Waals surface area contributed by atoms with Crippen molar-refractivity contribution >= 4 is 33.0 Å². The van der Waals surface area contributed by atoms with Crippen LogP contribution in [-0.4, -0.2) is 30.5 Å². The normalized spacial score (nSPS) is 12.9. The van der Waals surface area contributed by atoms with Crippen molar-refractivity contribution in [3.63, 3.8) is 0 Å². The summed E-state index contributed by atoms with van der Waals surface area (Å²) in [4.78, 5) is 8.21. The van der Waals surface area contributed by atoms with Gasteiger partial charge in [-0.05, 0) is 49.7 Å². The molecule has 0 saturated carbocycles. The fraction of sp³-hybridized carbons (Fsp3) is 0.316. The number of pyridine rings is 1. The van der Waals surface area contributed by atoms with Crippen LogP contribution in [0.1, 0.15) is 29.0 Å². The van der Waals surface area contributed by atoms with Crippen molar-refractivity contribution < 1.29 is 0 Å². The van der Waals surface area contributed by atoms with E-state index in [4.69, 9.17) is 11.6 Å². The summed E-state index contributed by atoms with van der Waals surface area (Å²) < 4.78 is 1.34. The zero-order valence-corrected chi connectivity index (χ0v) is 15.3. The van der Waals surface area contributed by atoms with Gasteiger partial charge in [0.1, 0.15) is 0 Å². The maximum Gasteiger partial charge on any atom is 0.0662 e. The van der Waals surface area contributed by atoms with Crippen LogP contribution in [0.3, 0.4) is 0 Å². The van der Waals surface area contributed by atoms with Gasteiger partial charge in [0.05, 0.1) is 10.7 Å². The first-order valence-electron chi connectivity index (χ1n) is 7.83. The number of hydrogen-bond acceptors (Lipinski definition) is 3. The predicted molar refractivity (Wildman–Crippen MR) is 101 cm³/mol. The second-order valence-corrected chi connectivity index (χ2v) is 7.62. The highest BCUT2D eigenvalue weighted by Gasteiger charge is 2.21. The van der Waals surface area contributed by atoms with Crippen LogP contribution < -0.4 is 0 Å². The molecule has 0 N–H and O–H groups in total. The molecule has 0 spiro atoms. The zero-order chi connectivity index (χ0) is 16.4. The lowest BCUT2D eigenvalue weighted by atomic mass is 9.93. The number of rotatable bonds is 5. The van der Waals surface area contributed by atoms with E-state index in [2.05, 4.69) is 55.2 Å². The van der Waals surface area contributed by atoms with Crippen LogP contribution in [0.4, 0.5) is 0 Å². The van der Waals surface area contributed by atoms with E-state index >= 15 is 0 Å². The molecule has 0 unspecified atom stereocenters. The molecule has 0 fully saturated rings. The van der Waals surface area contributed by atoms with Crippen LogP contribution in [0.2, 0.25) is 5.02 Å². The van der Waals surface area contributed by atoms with Gasteiger partial charge in [-0.15, -0.1) is 11.3 Å².